The molecular formula is C18H31IN4O3S. The quantitative estimate of drug-likeness (QED) is 0.380. The van der Waals surface area contributed by atoms with E-state index in [1.807, 2.05) is 17.0 Å². The number of likely N-dealkylation sites (tertiary alicyclic amines) is 1. The molecule has 1 aromatic heterocycles. The molecule has 0 aliphatic carbocycles. The van der Waals surface area contributed by atoms with Crippen molar-refractivity contribution in [2.75, 3.05) is 45.5 Å². The first-order valence-corrected chi connectivity index (χ1v) is 10.9. The summed E-state index contributed by atoms with van der Waals surface area (Å²) in [5.41, 5.74) is 0. The molecule has 1 unspecified atom stereocenters. The van der Waals surface area contributed by atoms with Gasteiger partial charge in [0.15, 0.2) is 15.8 Å². The van der Waals surface area contributed by atoms with Crippen LogP contribution in [0.5, 0.6) is 0 Å². The number of sulfone groups is 1. The lowest BCUT2D eigenvalue weighted by molar-refractivity contribution is 0.213. The summed E-state index contributed by atoms with van der Waals surface area (Å²) >= 11 is 0. The maximum absolute atomic E-state index is 12.2. The van der Waals surface area contributed by atoms with Crippen LogP contribution >= 0.6 is 24.0 Å². The van der Waals surface area contributed by atoms with Gasteiger partial charge in [-0.25, -0.2) is 8.42 Å². The normalized spacial score (nSPS) is 23.7. The monoisotopic (exact) mass is 510 g/mol. The lowest BCUT2D eigenvalue weighted by Crippen LogP contribution is -2.57. The van der Waals surface area contributed by atoms with Crippen LogP contribution in [-0.4, -0.2) is 74.4 Å². The van der Waals surface area contributed by atoms with Crippen molar-refractivity contribution in [3.8, 4) is 0 Å². The highest BCUT2D eigenvalue weighted by atomic mass is 127. The zero-order chi connectivity index (χ0) is 18.8. The fourth-order valence-electron chi connectivity index (χ4n) is 3.79. The van der Waals surface area contributed by atoms with E-state index in [0.717, 1.165) is 24.8 Å². The average molecular weight is 510 g/mol. The zero-order valence-electron chi connectivity index (χ0n) is 16.3. The van der Waals surface area contributed by atoms with E-state index in [2.05, 4.69) is 15.2 Å². The summed E-state index contributed by atoms with van der Waals surface area (Å²) in [6.07, 6.45) is 4.14. The van der Waals surface area contributed by atoms with Crippen LogP contribution in [0.15, 0.2) is 27.8 Å². The van der Waals surface area contributed by atoms with Gasteiger partial charge >= 0.3 is 0 Å². The Balaban J connectivity index is 0.00000261. The molecule has 2 aliphatic heterocycles. The number of guanidine groups is 1. The number of hydrogen-bond donors (Lipinski definition) is 1. The third-order valence-electron chi connectivity index (χ3n) is 5.46. The molecule has 27 heavy (non-hydrogen) atoms. The van der Waals surface area contributed by atoms with Crippen LogP contribution < -0.4 is 5.32 Å². The van der Waals surface area contributed by atoms with Crippen molar-refractivity contribution in [1.82, 2.24) is 15.1 Å². The predicted molar refractivity (Wildman–Crippen MR) is 118 cm³/mol. The van der Waals surface area contributed by atoms with Crippen molar-refractivity contribution in [3.05, 3.63) is 24.2 Å². The molecule has 9 heteroatoms. The van der Waals surface area contributed by atoms with Gasteiger partial charge in [0.2, 0.25) is 0 Å². The van der Waals surface area contributed by atoms with E-state index in [1.54, 1.807) is 27.2 Å². The number of halogens is 1. The van der Waals surface area contributed by atoms with Gasteiger partial charge in [-0.1, -0.05) is 0 Å². The molecule has 3 heterocycles. The van der Waals surface area contributed by atoms with E-state index in [1.165, 1.54) is 12.8 Å². The van der Waals surface area contributed by atoms with Gasteiger partial charge < -0.3 is 14.6 Å². The lowest BCUT2D eigenvalue weighted by Gasteiger charge is -2.39. The van der Waals surface area contributed by atoms with Crippen LogP contribution in [0.25, 0.3) is 0 Å². The molecule has 1 aromatic rings. The fourth-order valence-corrected chi connectivity index (χ4v) is 5.15. The average Bonchev–Trinajstić information content (AvgIpc) is 3.28. The van der Waals surface area contributed by atoms with Gasteiger partial charge in [-0.15, -0.1) is 24.0 Å². The number of aliphatic imine (C=N–C) groups is 1. The molecule has 3 rings (SSSR count). The molecular weight excluding hydrogens is 479 g/mol. The summed E-state index contributed by atoms with van der Waals surface area (Å²) in [5.74, 6) is 1.87. The van der Waals surface area contributed by atoms with Crippen molar-refractivity contribution in [1.29, 1.82) is 0 Å². The summed E-state index contributed by atoms with van der Waals surface area (Å²) in [4.78, 5) is 8.87. The van der Waals surface area contributed by atoms with E-state index in [0.29, 0.717) is 19.6 Å². The topological polar surface area (TPSA) is 78.2 Å². The summed E-state index contributed by atoms with van der Waals surface area (Å²) in [6, 6.07) is 4.10. The zero-order valence-corrected chi connectivity index (χ0v) is 19.5. The lowest BCUT2D eigenvalue weighted by atomic mass is 10.2. The minimum atomic E-state index is -3.06. The highest BCUT2D eigenvalue weighted by Crippen LogP contribution is 2.26. The maximum Gasteiger partial charge on any atom is 0.193 e. The molecule has 0 aromatic carbocycles. The molecule has 0 radical (unpaired) electrons. The smallest absolute Gasteiger partial charge is 0.193 e. The SMILES string of the molecule is CN=C(NCC(c1ccco1)N1CCCC1)N1CCS(=O)(=O)C(C)(C)C1.I. The van der Waals surface area contributed by atoms with Gasteiger partial charge in [0.25, 0.3) is 0 Å². The van der Waals surface area contributed by atoms with Gasteiger partial charge in [-0.05, 0) is 51.9 Å². The Kier molecular flexibility index (Phi) is 7.60. The van der Waals surface area contributed by atoms with Gasteiger partial charge in [-0.3, -0.25) is 9.89 Å². The molecule has 2 aliphatic rings. The van der Waals surface area contributed by atoms with E-state index in [9.17, 15) is 8.42 Å². The molecule has 0 spiro atoms. The third kappa shape index (κ3) is 4.97. The van der Waals surface area contributed by atoms with E-state index < -0.39 is 14.6 Å². The highest BCUT2D eigenvalue weighted by molar-refractivity contribution is 14.0. The Hall–Kier alpha value is -0.810. The maximum atomic E-state index is 12.2. The Morgan fingerprint density at radius 3 is 2.59 bits per heavy atom. The summed E-state index contributed by atoms with van der Waals surface area (Å²) in [5, 5.41) is 3.45. The van der Waals surface area contributed by atoms with Gasteiger partial charge in [0.1, 0.15) is 5.76 Å². The molecule has 0 bridgehead atoms. The Morgan fingerprint density at radius 2 is 2.04 bits per heavy atom. The first-order chi connectivity index (χ1) is 12.3. The predicted octanol–water partition coefficient (Wildman–Crippen LogP) is 2.12. The number of hydrogen-bond acceptors (Lipinski definition) is 5. The first-order valence-electron chi connectivity index (χ1n) is 9.29. The van der Waals surface area contributed by atoms with Crippen LogP contribution in [0, 0.1) is 0 Å². The van der Waals surface area contributed by atoms with Gasteiger partial charge in [0.05, 0.1) is 22.8 Å². The Labute approximate surface area is 179 Å². The van der Waals surface area contributed by atoms with Crippen molar-refractivity contribution >= 4 is 39.8 Å². The number of nitrogens with zero attached hydrogens (tertiary/aromatic N) is 3. The second-order valence-corrected chi connectivity index (χ2v) is 10.4. The molecule has 2 saturated heterocycles. The first kappa shape index (κ1) is 22.5. The molecule has 2 fully saturated rings. The molecule has 1 atom stereocenters. The highest BCUT2D eigenvalue weighted by Gasteiger charge is 2.41. The molecule has 0 saturated carbocycles. The van der Waals surface area contributed by atoms with Gasteiger partial charge in [0, 0.05) is 26.7 Å². The summed E-state index contributed by atoms with van der Waals surface area (Å²) in [7, 11) is -1.32. The van der Waals surface area contributed by atoms with Crippen LogP contribution in [0.4, 0.5) is 0 Å². The van der Waals surface area contributed by atoms with E-state index >= 15 is 0 Å². The largest absolute Gasteiger partial charge is 0.468 e. The minimum absolute atomic E-state index is 0. The third-order valence-corrected chi connectivity index (χ3v) is 7.99. The van der Waals surface area contributed by atoms with Crippen molar-refractivity contribution in [2.45, 2.75) is 37.5 Å². The summed E-state index contributed by atoms with van der Waals surface area (Å²) in [6.45, 7) is 7.32. The minimum Gasteiger partial charge on any atom is -0.468 e. The second kappa shape index (κ2) is 9.13. The van der Waals surface area contributed by atoms with Crippen LogP contribution in [0.1, 0.15) is 38.5 Å². The second-order valence-electron chi connectivity index (χ2n) is 7.70. The number of rotatable bonds is 4. The molecule has 0 amide bonds. The Morgan fingerprint density at radius 1 is 1.33 bits per heavy atom. The number of furan rings is 1. The molecule has 1 N–H and O–H groups in total. The van der Waals surface area contributed by atoms with Gasteiger partial charge in [-0.2, -0.15) is 0 Å². The standard InChI is InChI=1S/C18H30N4O3S.HI/c1-18(2)14-22(10-12-26(18,23)24)17(19-3)20-13-15(16-7-6-11-25-16)21-8-4-5-9-21;/h6-7,11,15H,4-5,8-10,12-14H2,1-3H3,(H,19,20);1H. The van der Waals surface area contributed by atoms with E-state index in [-0.39, 0.29) is 35.8 Å². The molecule has 154 valence electrons. The van der Waals surface area contributed by atoms with Crippen molar-refractivity contribution in [2.24, 2.45) is 4.99 Å². The van der Waals surface area contributed by atoms with Crippen LogP contribution in [0.2, 0.25) is 0 Å². The Bertz CT molecular complexity index is 728. The molecule has 7 nitrogen and oxygen atoms in total. The van der Waals surface area contributed by atoms with Crippen LogP contribution in [0.3, 0.4) is 0 Å². The fraction of sp³-hybridized carbons (Fsp3) is 0.722. The van der Waals surface area contributed by atoms with E-state index in [4.69, 9.17) is 4.42 Å². The van der Waals surface area contributed by atoms with Crippen molar-refractivity contribution in [3.63, 3.8) is 0 Å². The van der Waals surface area contributed by atoms with Crippen LogP contribution in [-0.2, 0) is 9.84 Å². The number of nitrogens with one attached hydrogen (secondary N) is 1. The summed E-state index contributed by atoms with van der Waals surface area (Å²) < 4.78 is 29.4. The van der Waals surface area contributed by atoms with Crippen molar-refractivity contribution < 1.29 is 12.8 Å².